The molecule has 0 bridgehead atoms. The van der Waals surface area contributed by atoms with Crippen LogP contribution in [0.4, 0.5) is 10.5 Å². The molecule has 6 heteroatoms. The number of carboxylic acid groups (broad SMARTS) is 1. The van der Waals surface area contributed by atoms with Gasteiger partial charge in [0.25, 0.3) is 8.32 Å². The third-order valence-electron chi connectivity index (χ3n) is 6.63. The summed E-state index contributed by atoms with van der Waals surface area (Å²) in [6.45, 7) is 12.7. The first-order valence-electron chi connectivity index (χ1n) is 12.5. The second kappa shape index (κ2) is 10.9. The molecule has 1 atom stereocenters. The van der Waals surface area contributed by atoms with Crippen LogP contribution in [-0.2, 0) is 10.8 Å². The number of rotatable bonds is 8. The molecule has 0 heterocycles. The van der Waals surface area contributed by atoms with Gasteiger partial charge in [-0.05, 0) is 60.3 Å². The van der Waals surface area contributed by atoms with Gasteiger partial charge in [-0.15, -0.1) is 0 Å². The lowest BCUT2D eigenvalue weighted by Gasteiger charge is -2.46. The highest BCUT2D eigenvalue weighted by atomic mass is 28.4. The van der Waals surface area contributed by atoms with E-state index in [1.165, 1.54) is 15.3 Å². The molecular formula is C30H40N2O3Si. The van der Waals surface area contributed by atoms with E-state index in [2.05, 4.69) is 69.3 Å². The molecule has 0 saturated heterocycles. The van der Waals surface area contributed by atoms with Crippen molar-refractivity contribution in [1.29, 1.82) is 0 Å². The molecule has 192 valence electrons. The minimum absolute atomic E-state index is 0.201. The van der Waals surface area contributed by atoms with Crippen LogP contribution < -0.4 is 16.1 Å². The Kier molecular flexibility index (Phi) is 8.32. The topological polar surface area (TPSA) is 75.8 Å². The molecule has 0 aromatic heterocycles. The molecule has 0 spiro atoms. The summed E-state index contributed by atoms with van der Waals surface area (Å²) in [6.07, 6.45) is -0.449. The third-order valence-corrected chi connectivity index (χ3v) is 11.6. The number of nitrogen functional groups attached to an aromatic ring is 1. The van der Waals surface area contributed by atoms with Crippen LogP contribution in [0.3, 0.4) is 0 Å². The lowest BCUT2D eigenvalue weighted by Crippen LogP contribution is -2.68. The minimum atomic E-state index is -2.82. The van der Waals surface area contributed by atoms with Crippen LogP contribution in [0.1, 0.15) is 47.1 Å². The second-order valence-electron chi connectivity index (χ2n) is 11.4. The number of amides is 1. The maximum absolute atomic E-state index is 12.6. The lowest BCUT2D eigenvalue weighted by molar-refractivity contribution is 0.0495. The van der Waals surface area contributed by atoms with Crippen LogP contribution in [-0.4, -0.2) is 42.6 Å². The monoisotopic (exact) mass is 504 g/mol. The normalized spacial score (nSPS) is 13.3. The largest absolute Gasteiger partial charge is 0.465 e. The fourth-order valence-electron chi connectivity index (χ4n) is 5.19. The van der Waals surface area contributed by atoms with E-state index in [9.17, 15) is 9.90 Å². The van der Waals surface area contributed by atoms with E-state index < -0.39 is 26.0 Å². The Labute approximate surface area is 217 Å². The number of nitrogens with zero attached hydrogens (tertiary/aromatic N) is 1. The van der Waals surface area contributed by atoms with Crippen molar-refractivity contribution < 1.29 is 14.3 Å². The van der Waals surface area contributed by atoms with E-state index >= 15 is 0 Å². The first-order valence-corrected chi connectivity index (χ1v) is 14.4. The van der Waals surface area contributed by atoms with Gasteiger partial charge in [0.05, 0.1) is 12.6 Å². The molecule has 0 aliphatic carbocycles. The van der Waals surface area contributed by atoms with Crippen molar-refractivity contribution in [3.05, 3.63) is 90.5 Å². The highest BCUT2D eigenvalue weighted by Gasteiger charge is 2.51. The summed E-state index contributed by atoms with van der Waals surface area (Å²) in [5.74, 6) is 0. The summed E-state index contributed by atoms with van der Waals surface area (Å²) >= 11 is 0. The summed E-state index contributed by atoms with van der Waals surface area (Å²) in [5.41, 5.74) is 7.10. The van der Waals surface area contributed by atoms with Crippen molar-refractivity contribution in [2.45, 2.75) is 64.6 Å². The average molecular weight is 505 g/mol. The molecule has 3 aromatic carbocycles. The standard InChI is InChI=1S/C30H40N2O3Si/c1-29(2,3)32(28(33)34)25(21-23-14-13-15-24(31)20-23)22-35-36(30(4,5)6,26-16-9-7-10-17-26)27-18-11-8-12-19-27/h7-20,25H,21-22,31H2,1-6H3,(H,33,34)/t25-/m0/s1. The molecular weight excluding hydrogens is 464 g/mol. The molecule has 3 N–H and O–H groups in total. The quantitative estimate of drug-likeness (QED) is 0.312. The van der Waals surface area contributed by atoms with Crippen molar-refractivity contribution in [2.24, 2.45) is 0 Å². The van der Waals surface area contributed by atoms with Crippen molar-refractivity contribution >= 4 is 30.5 Å². The zero-order chi connectivity index (χ0) is 26.6. The fourth-order valence-corrected chi connectivity index (χ4v) is 9.79. The van der Waals surface area contributed by atoms with Gasteiger partial charge in [0, 0.05) is 11.2 Å². The Hall–Kier alpha value is -3.09. The molecule has 0 saturated carbocycles. The van der Waals surface area contributed by atoms with E-state index in [4.69, 9.17) is 10.2 Å². The van der Waals surface area contributed by atoms with E-state index in [1.54, 1.807) is 0 Å². The van der Waals surface area contributed by atoms with E-state index in [1.807, 2.05) is 57.2 Å². The van der Waals surface area contributed by atoms with Gasteiger partial charge in [0.2, 0.25) is 0 Å². The van der Waals surface area contributed by atoms with Gasteiger partial charge in [0.15, 0.2) is 0 Å². The van der Waals surface area contributed by atoms with Gasteiger partial charge in [-0.25, -0.2) is 4.79 Å². The molecule has 36 heavy (non-hydrogen) atoms. The number of anilines is 1. The molecule has 5 nitrogen and oxygen atoms in total. The van der Waals surface area contributed by atoms with Crippen LogP contribution in [0, 0.1) is 0 Å². The Bertz CT molecular complexity index is 1100. The lowest BCUT2D eigenvalue weighted by atomic mass is 9.99. The summed E-state index contributed by atoms with van der Waals surface area (Å²) < 4.78 is 7.16. The molecule has 0 aliphatic rings. The van der Waals surface area contributed by atoms with Gasteiger partial charge < -0.3 is 15.3 Å². The minimum Gasteiger partial charge on any atom is -0.465 e. The molecule has 3 rings (SSSR count). The predicted octanol–water partition coefficient (Wildman–Crippen LogP) is 5.54. The van der Waals surface area contributed by atoms with E-state index in [-0.39, 0.29) is 11.6 Å². The molecule has 0 fully saturated rings. The molecule has 0 radical (unpaired) electrons. The maximum atomic E-state index is 12.6. The number of hydrogen-bond donors (Lipinski definition) is 2. The second-order valence-corrected chi connectivity index (χ2v) is 15.7. The summed E-state index contributed by atoms with van der Waals surface area (Å²) in [4.78, 5) is 14.1. The number of nitrogens with two attached hydrogens (primary N) is 1. The predicted molar refractivity (Wildman–Crippen MR) is 152 cm³/mol. The van der Waals surface area contributed by atoms with Crippen molar-refractivity contribution in [3.8, 4) is 0 Å². The fraction of sp³-hybridized carbons (Fsp3) is 0.367. The maximum Gasteiger partial charge on any atom is 0.408 e. The SMILES string of the molecule is CC(C)(C)N(C(=O)O)[C@H](CO[Si](c1ccccc1)(c1ccccc1)C(C)(C)C)Cc1cccc(N)c1. The smallest absolute Gasteiger partial charge is 0.408 e. The summed E-state index contributed by atoms with van der Waals surface area (Å²) in [6, 6.07) is 28.1. The van der Waals surface area contributed by atoms with Crippen LogP contribution in [0.5, 0.6) is 0 Å². The molecule has 0 aliphatic heterocycles. The third kappa shape index (κ3) is 5.99. The highest BCUT2D eigenvalue weighted by molar-refractivity contribution is 6.99. The number of benzene rings is 3. The zero-order valence-corrected chi connectivity index (χ0v) is 23.4. The Morgan fingerprint density at radius 1 is 0.889 bits per heavy atom. The first-order chi connectivity index (χ1) is 16.9. The van der Waals surface area contributed by atoms with Crippen LogP contribution in [0.2, 0.25) is 5.04 Å². The van der Waals surface area contributed by atoms with Gasteiger partial charge >= 0.3 is 6.09 Å². The highest BCUT2D eigenvalue weighted by Crippen LogP contribution is 2.37. The molecule has 1 amide bonds. The zero-order valence-electron chi connectivity index (χ0n) is 22.4. The van der Waals surface area contributed by atoms with Gasteiger partial charge in [-0.2, -0.15) is 0 Å². The van der Waals surface area contributed by atoms with Crippen LogP contribution >= 0.6 is 0 Å². The van der Waals surface area contributed by atoms with E-state index in [0.717, 1.165) is 5.56 Å². The van der Waals surface area contributed by atoms with Crippen LogP contribution in [0.15, 0.2) is 84.9 Å². The van der Waals surface area contributed by atoms with Crippen LogP contribution in [0.25, 0.3) is 0 Å². The van der Waals surface area contributed by atoms with Crippen molar-refractivity contribution in [1.82, 2.24) is 4.90 Å². The van der Waals surface area contributed by atoms with Gasteiger partial charge in [-0.3, -0.25) is 4.90 Å². The summed E-state index contributed by atoms with van der Waals surface area (Å²) in [5, 5.41) is 12.4. The van der Waals surface area contributed by atoms with E-state index in [0.29, 0.717) is 12.1 Å². The Balaban J connectivity index is 2.12. The van der Waals surface area contributed by atoms with Gasteiger partial charge in [-0.1, -0.05) is 93.6 Å². The summed E-state index contributed by atoms with van der Waals surface area (Å²) in [7, 11) is -2.82. The first kappa shape index (κ1) is 27.5. The van der Waals surface area contributed by atoms with Crippen molar-refractivity contribution in [2.75, 3.05) is 12.3 Å². The molecule has 0 unspecified atom stereocenters. The average Bonchev–Trinajstić information content (AvgIpc) is 2.79. The molecule has 3 aromatic rings. The van der Waals surface area contributed by atoms with Gasteiger partial charge in [0.1, 0.15) is 0 Å². The number of hydrogen-bond acceptors (Lipinski definition) is 3. The number of carbonyl (C=O) groups is 1. The Morgan fingerprint density at radius 2 is 1.42 bits per heavy atom. The van der Waals surface area contributed by atoms with Crippen molar-refractivity contribution in [3.63, 3.8) is 0 Å². The Morgan fingerprint density at radius 3 is 1.83 bits per heavy atom.